The molecule has 0 saturated heterocycles. The molecule has 1 heterocycles. The molecule has 0 aliphatic carbocycles. The molecule has 1 aliphatic rings. The number of ketones is 1. The van der Waals surface area contributed by atoms with Crippen molar-refractivity contribution in [3.05, 3.63) is 52.1 Å². The number of carbonyl (C=O) groups excluding carboxylic acids is 2. The van der Waals surface area contributed by atoms with Gasteiger partial charge in [0.05, 0.1) is 25.0 Å². The molecule has 3 rings (SSSR count). The molecule has 10 nitrogen and oxygen atoms in total. The molecule has 0 spiro atoms. The summed E-state index contributed by atoms with van der Waals surface area (Å²) in [7, 11) is 1.40. The number of anilines is 1. The lowest BCUT2D eigenvalue weighted by Gasteiger charge is -2.25. The van der Waals surface area contributed by atoms with Crippen LogP contribution in [0, 0.1) is 5.41 Å². The van der Waals surface area contributed by atoms with E-state index in [1.54, 1.807) is 31.0 Å². The molecular weight excluding hydrogens is 588 g/mol. The SMILES string of the molecule is Br.CCOc1cc(C(=O)CN2Cc3cc(N(C)C)c(C(=O)NC)cc3C2=N)cc(C(C)(C)C)c1OS(C)(=O)=O. The van der Waals surface area contributed by atoms with E-state index in [0.717, 1.165) is 17.5 Å². The number of Topliss-reactive ketones (excluding diaryl/α,β-unsaturated/α-hetero) is 1. The van der Waals surface area contributed by atoms with Crippen LogP contribution in [0.5, 0.6) is 11.5 Å². The maximum Gasteiger partial charge on any atom is 0.306 e. The van der Waals surface area contributed by atoms with Crippen LogP contribution in [0.4, 0.5) is 5.69 Å². The number of halogens is 1. The maximum atomic E-state index is 13.5. The van der Waals surface area contributed by atoms with Crippen molar-refractivity contribution in [3.8, 4) is 11.5 Å². The number of fused-ring (bicyclic) bond motifs is 1. The fourth-order valence-corrected chi connectivity index (χ4v) is 4.82. The van der Waals surface area contributed by atoms with Crippen molar-refractivity contribution in [2.24, 2.45) is 0 Å². The summed E-state index contributed by atoms with van der Waals surface area (Å²) in [6, 6.07) is 6.69. The van der Waals surface area contributed by atoms with Gasteiger partial charge < -0.3 is 24.0 Å². The van der Waals surface area contributed by atoms with Crippen LogP contribution >= 0.6 is 17.0 Å². The molecule has 0 bridgehead atoms. The second-order valence-corrected chi connectivity index (χ2v) is 12.0. The van der Waals surface area contributed by atoms with Crippen molar-refractivity contribution in [2.75, 3.05) is 45.5 Å². The van der Waals surface area contributed by atoms with E-state index in [-0.39, 0.29) is 59.2 Å². The third-order valence-electron chi connectivity index (χ3n) is 6.16. The van der Waals surface area contributed by atoms with Crippen LogP contribution in [0.1, 0.15) is 65.1 Å². The molecule has 0 fully saturated rings. The summed E-state index contributed by atoms with van der Waals surface area (Å²) in [6.45, 7) is 7.93. The molecule has 2 aromatic rings. The van der Waals surface area contributed by atoms with Gasteiger partial charge in [-0.15, -0.1) is 17.0 Å². The third-order valence-corrected chi connectivity index (χ3v) is 6.63. The lowest BCUT2D eigenvalue weighted by molar-refractivity contribution is 0.0955. The van der Waals surface area contributed by atoms with Crippen LogP contribution in [0.25, 0.3) is 0 Å². The number of nitrogens with one attached hydrogen (secondary N) is 2. The molecule has 1 aliphatic heterocycles. The predicted octanol–water partition coefficient (Wildman–Crippen LogP) is 3.75. The van der Waals surface area contributed by atoms with Crippen LogP contribution in [0.3, 0.4) is 0 Å². The van der Waals surface area contributed by atoms with Crippen molar-refractivity contribution in [1.29, 1.82) is 5.41 Å². The lowest BCUT2D eigenvalue weighted by Crippen LogP contribution is -2.30. The largest absolute Gasteiger partial charge is 0.490 e. The molecule has 0 radical (unpaired) electrons. The average molecular weight is 626 g/mol. The fourth-order valence-electron chi connectivity index (χ4n) is 4.34. The minimum Gasteiger partial charge on any atom is -0.490 e. The van der Waals surface area contributed by atoms with E-state index in [9.17, 15) is 18.0 Å². The van der Waals surface area contributed by atoms with Crippen LogP contribution in [0.2, 0.25) is 0 Å². The van der Waals surface area contributed by atoms with Gasteiger partial charge in [0.1, 0.15) is 5.84 Å². The quantitative estimate of drug-likeness (QED) is 0.319. The zero-order valence-corrected chi connectivity index (χ0v) is 26.1. The smallest absolute Gasteiger partial charge is 0.306 e. The van der Waals surface area contributed by atoms with Crippen LogP contribution in [-0.4, -0.2) is 71.4 Å². The van der Waals surface area contributed by atoms with E-state index in [2.05, 4.69) is 5.32 Å². The lowest BCUT2D eigenvalue weighted by atomic mass is 9.84. The van der Waals surface area contributed by atoms with E-state index >= 15 is 0 Å². The molecule has 0 atom stereocenters. The molecule has 0 unspecified atom stereocenters. The first-order chi connectivity index (χ1) is 17.6. The highest BCUT2D eigenvalue weighted by atomic mass is 79.9. The van der Waals surface area contributed by atoms with Crippen molar-refractivity contribution >= 4 is 50.3 Å². The van der Waals surface area contributed by atoms with Crippen LogP contribution in [0.15, 0.2) is 24.3 Å². The Morgan fingerprint density at radius 3 is 2.31 bits per heavy atom. The maximum absolute atomic E-state index is 13.5. The normalized spacial score (nSPS) is 12.9. The Labute approximate surface area is 241 Å². The average Bonchev–Trinajstić information content (AvgIpc) is 3.11. The van der Waals surface area contributed by atoms with E-state index in [4.69, 9.17) is 14.3 Å². The van der Waals surface area contributed by atoms with Crippen LogP contribution in [-0.2, 0) is 22.1 Å². The zero-order chi connectivity index (χ0) is 28.6. The topological polar surface area (TPSA) is 129 Å². The van der Waals surface area contributed by atoms with Crippen molar-refractivity contribution in [2.45, 2.75) is 39.7 Å². The number of amides is 1. The standard InChI is InChI=1S/C27H36N4O6S.BrH/c1-9-36-23-12-16(10-20(27(2,3)4)24(23)37-38(8,34)35)22(32)15-31-14-17-11-21(30(6)7)19(26(33)29-5)13-18(17)25(31)28;/h10-13,28H,9,14-15H2,1-8H3,(H,29,33);1H. The monoisotopic (exact) mass is 624 g/mol. The number of hydrogen-bond acceptors (Lipinski definition) is 8. The fraction of sp³-hybridized carbons (Fsp3) is 0.444. The third kappa shape index (κ3) is 7.10. The van der Waals surface area contributed by atoms with Crippen molar-refractivity contribution in [3.63, 3.8) is 0 Å². The highest BCUT2D eigenvalue weighted by Crippen LogP contribution is 2.41. The minimum absolute atomic E-state index is 0. The summed E-state index contributed by atoms with van der Waals surface area (Å²) in [5, 5.41) is 11.4. The van der Waals surface area contributed by atoms with Crippen molar-refractivity contribution < 1.29 is 26.9 Å². The van der Waals surface area contributed by atoms with Gasteiger partial charge in [0.15, 0.2) is 17.3 Å². The number of hydrogen-bond donors (Lipinski definition) is 2. The highest BCUT2D eigenvalue weighted by Gasteiger charge is 2.31. The van der Waals surface area contributed by atoms with Gasteiger partial charge in [0.25, 0.3) is 5.91 Å². The molecule has 0 saturated carbocycles. The van der Waals surface area contributed by atoms with Gasteiger partial charge >= 0.3 is 10.1 Å². The molecule has 39 heavy (non-hydrogen) atoms. The molecule has 214 valence electrons. The first-order valence-corrected chi connectivity index (χ1v) is 14.0. The number of amidine groups is 1. The second-order valence-electron chi connectivity index (χ2n) is 10.4. The first-order valence-electron chi connectivity index (χ1n) is 12.2. The summed E-state index contributed by atoms with van der Waals surface area (Å²) >= 11 is 0. The van der Waals surface area contributed by atoms with Gasteiger partial charge in [0.2, 0.25) is 0 Å². The van der Waals surface area contributed by atoms with Gasteiger partial charge in [-0.3, -0.25) is 15.0 Å². The molecule has 2 aromatic carbocycles. The number of ether oxygens (including phenoxy) is 1. The Hall–Kier alpha value is -3.12. The van der Waals surface area contributed by atoms with Gasteiger partial charge in [-0.1, -0.05) is 20.8 Å². The molecule has 2 N–H and O–H groups in total. The van der Waals surface area contributed by atoms with Gasteiger partial charge in [-0.2, -0.15) is 8.42 Å². The summed E-state index contributed by atoms with van der Waals surface area (Å²) < 4.78 is 34.9. The molecule has 0 aromatic heterocycles. The Bertz CT molecular complexity index is 1400. The summed E-state index contributed by atoms with van der Waals surface area (Å²) in [4.78, 5) is 29.5. The van der Waals surface area contributed by atoms with E-state index in [0.29, 0.717) is 28.8 Å². The van der Waals surface area contributed by atoms with Crippen LogP contribution < -0.4 is 19.1 Å². The van der Waals surface area contributed by atoms with Gasteiger partial charge in [-0.05, 0) is 42.2 Å². The molecule has 12 heteroatoms. The van der Waals surface area contributed by atoms with E-state index < -0.39 is 15.5 Å². The van der Waals surface area contributed by atoms with E-state index in [1.807, 2.05) is 45.8 Å². The summed E-state index contributed by atoms with van der Waals surface area (Å²) in [5.41, 5.74) is 2.91. The second kappa shape index (κ2) is 12.0. The zero-order valence-electron chi connectivity index (χ0n) is 23.6. The Kier molecular flexibility index (Phi) is 9.83. The summed E-state index contributed by atoms with van der Waals surface area (Å²) in [6.07, 6.45) is 0.960. The number of nitrogens with zero attached hydrogens (tertiary/aromatic N) is 2. The minimum atomic E-state index is -3.85. The number of rotatable bonds is 9. The van der Waals surface area contributed by atoms with E-state index in [1.165, 1.54) is 6.07 Å². The summed E-state index contributed by atoms with van der Waals surface area (Å²) in [5.74, 6) is -0.133. The first kappa shape index (κ1) is 32.1. The van der Waals surface area contributed by atoms with Crippen molar-refractivity contribution in [1.82, 2.24) is 10.2 Å². The number of benzene rings is 2. The molecular formula is C27H37BrN4O6S. The molecule has 1 amide bonds. The Balaban J connectivity index is 0.00000533. The van der Waals surface area contributed by atoms with Gasteiger partial charge in [0, 0.05) is 50.1 Å². The van der Waals surface area contributed by atoms with Gasteiger partial charge in [-0.25, -0.2) is 0 Å². The number of carbonyl (C=O) groups is 2. The predicted molar refractivity (Wildman–Crippen MR) is 158 cm³/mol. The Morgan fingerprint density at radius 2 is 1.79 bits per heavy atom. The Morgan fingerprint density at radius 1 is 1.15 bits per heavy atom. The highest BCUT2D eigenvalue weighted by molar-refractivity contribution is 8.93.